The lowest BCUT2D eigenvalue weighted by Crippen LogP contribution is -2.40. The highest BCUT2D eigenvalue weighted by Gasteiger charge is 2.35. The predicted octanol–water partition coefficient (Wildman–Crippen LogP) is 3.85. The molecule has 6 heteroatoms. The lowest BCUT2D eigenvalue weighted by atomic mass is 9.73. The van der Waals surface area contributed by atoms with E-state index in [0.29, 0.717) is 24.3 Å². The van der Waals surface area contributed by atoms with Crippen molar-refractivity contribution in [3.8, 4) is 0 Å². The molecule has 0 radical (unpaired) electrons. The van der Waals surface area contributed by atoms with Gasteiger partial charge in [-0.25, -0.2) is 0 Å². The monoisotopic (exact) mass is 407 g/mol. The number of aromatic nitrogens is 1. The fourth-order valence-corrected chi connectivity index (χ4v) is 5.36. The summed E-state index contributed by atoms with van der Waals surface area (Å²) in [5.41, 5.74) is 9.54. The number of pyridine rings is 1. The van der Waals surface area contributed by atoms with E-state index in [0.717, 1.165) is 27.7 Å². The van der Waals surface area contributed by atoms with Gasteiger partial charge in [-0.3, -0.25) is 24.7 Å². The van der Waals surface area contributed by atoms with Crippen LogP contribution in [0.4, 0.5) is 0 Å². The van der Waals surface area contributed by atoms with E-state index in [1.807, 2.05) is 13.0 Å². The van der Waals surface area contributed by atoms with Gasteiger partial charge in [0.2, 0.25) is 17.7 Å². The summed E-state index contributed by atoms with van der Waals surface area (Å²) in [7, 11) is 0. The van der Waals surface area contributed by atoms with E-state index in [9.17, 15) is 14.4 Å². The van der Waals surface area contributed by atoms with Crippen molar-refractivity contribution in [1.82, 2.24) is 10.3 Å². The molecule has 2 aliphatic rings. The molecule has 1 saturated carbocycles. The van der Waals surface area contributed by atoms with Gasteiger partial charge in [-0.1, -0.05) is 32.3 Å². The van der Waals surface area contributed by atoms with Gasteiger partial charge in [0.1, 0.15) is 0 Å². The molecule has 2 aromatic rings. The second-order valence-electron chi connectivity index (χ2n) is 8.81. The molecule has 2 fully saturated rings. The summed E-state index contributed by atoms with van der Waals surface area (Å²) in [6, 6.07) is 5.41. The first-order chi connectivity index (χ1) is 14.4. The fourth-order valence-electron chi connectivity index (χ4n) is 5.36. The maximum atomic E-state index is 12.8. The summed E-state index contributed by atoms with van der Waals surface area (Å²) in [5.74, 6) is -0.498. The summed E-state index contributed by atoms with van der Waals surface area (Å²) < 4.78 is 0. The number of carbonyl (C=O) groups excluding carboxylic acids is 3. The summed E-state index contributed by atoms with van der Waals surface area (Å²) in [6.45, 7) is 4.17. The molecule has 1 aromatic heterocycles. The third kappa shape index (κ3) is 3.71. The number of nitrogens with zero attached hydrogens (tertiary/aromatic N) is 1. The summed E-state index contributed by atoms with van der Waals surface area (Å²) >= 11 is 0. The number of aryl methyl sites for hydroxylation is 1. The van der Waals surface area contributed by atoms with Gasteiger partial charge in [0.25, 0.3) is 0 Å². The molecule has 1 aliphatic heterocycles. The zero-order valence-electron chi connectivity index (χ0n) is 17.7. The SMILES string of the molecule is Cc1nc2cc(C(N)=O)ccc2c([C@@H](C)C2CCCCC2)c1C1CCC(=O)NC1=O. The Kier molecular flexibility index (Phi) is 5.58. The Balaban J connectivity index is 1.91. The largest absolute Gasteiger partial charge is 0.366 e. The number of primary amides is 1. The van der Waals surface area contributed by atoms with Gasteiger partial charge in [-0.05, 0) is 61.3 Å². The first kappa shape index (κ1) is 20.5. The van der Waals surface area contributed by atoms with Crippen molar-refractivity contribution >= 4 is 28.6 Å². The van der Waals surface area contributed by atoms with Gasteiger partial charge in [0.15, 0.2) is 0 Å². The van der Waals surface area contributed by atoms with E-state index in [-0.39, 0.29) is 23.7 Å². The topological polar surface area (TPSA) is 102 Å². The Hall–Kier alpha value is -2.76. The van der Waals surface area contributed by atoms with Gasteiger partial charge in [0, 0.05) is 23.1 Å². The Bertz CT molecular complexity index is 1020. The van der Waals surface area contributed by atoms with Gasteiger partial charge in [0.05, 0.1) is 11.4 Å². The molecule has 1 saturated heterocycles. The summed E-state index contributed by atoms with van der Waals surface area (Å²) in [5, 5.41) is 3.48. The van der Waals surface area contributed by atoms with Crippen LogP contribution in [0.1, 0.15) is 90.9 Å². The highest BCUT2D eigenvalue weighted by molar-refractivity contribution is 6.02. The molecule has 1 unspecified atom stereocenters. The average molecular weight is 408 g/mol. The molecule has 3 N–H and O–H groups in total. The van der Waals surface area contributed by atoms with Gasteiger partial charge in [-0.2, -0.15) is 0 Å². The maximum Gasteiger partial charge on any atom is 0.248 e. The number of benzene rings is 1. The number of hydrogen-bond donors (Lipinski definition) is 2. The van der Waals surface area contributed by atoms with E-state index in [1.165, 1.54) is 32.1 Å². The molecule has 1 aromatic carbocycles. The molecule has 6 nitrogen and oxygen atoms in total. The van der Waals surface area contributed by atoms with E-state index < -0.39 is 5.91 Å². The predicted molar refractivity (Wildman–Crippen MR) is 115 cm³/mol. The fraction of sp³-hybridized carbons (Fsp3) is 0.500. The molecule has 30 heavy (non-hydrogen) atoms. The van der Waals surface area contributed by atoms with Crippen molar-refractivity contribution < 1.29 is 14.4 Å². The number of nitrogens with two attached hydrogens (primary N) is 1. The van der Waals surface area contributed by atoms with Crippen LogP contribution in [0.15, 0.2) is 18.2 Å². The van der Waals surface area contributed by atoms with Crippen molar-refractivity contribution in [2.45, 2.75) is 70.6 Å². The van der Waals surface area contributed by atoms with Crippen LogP contribution >= 0.6 is 0 Å². The molecular formula is C24H29N3O3. The maximum absolute atomic E-state index is 12.8. The third-order valence-corrected chi connectivity index (χ3v) is 6.94. The quantitative estimate of drug-likeness (QED) is 0.752. The first-order valence-electron chi connectivity index (χ1n) is 10.9. The number of hydrogen-bond acceptors (Lipinski definition) is 4. The van der Waals surface area contributed by atoms with Crippen molar-refractivity contribution in [1.29, 1.82) is 0 Å². The smallest absolute Gasteiger partial charge is 0.248 e. The number of imide groups is 1. The first-order valence-corrected chi connectivity index (χ1v) is 10.9. The van der Waals surface area contributed by atoms with Crippen LogP contribution in [0.3, 0.4) is 0 Å². The van der Waals surface area contributed by atoms with Crippen molar-refractivity contribution in [3.05, 3.63) is 40.6 Å². The highest BCUT2D eigenvalue weighted by Crippen LogP contribution is 2.43. The second kappa shape index (κ2) is 8.17. The Morgan fingerprint density at radius 1 is 1.17 bits per heavy atom. The zero-order valence-corrected chi connectivity index (χ0v) is 17.7. The van der Waals surface area contributed by atoms with Crippen LogP contribution in [0, 0.1) is 12.8 Å². The van der Waals surface area contributed by atoms with Gasteiger partial charge in [-0.15, -0.1) is 0 Å². The number of rotatable bonds is 4. The molecule has 158 valence electrons. The Morgan fingerprint density at radius 3 is 2.57 bits per heavy atom. The minimum Gasteiger partial charge on any atom is -0.366 e. The number of piperidine rings is 1. The van der Waals surface area contributed by atoms with Gasteiger partial charge < -0.3 is 5.73 Å². The lowest BCUT2D eigenvalue weighted by molar-refractivity contribution is -0.134. The van der Waals surface area contributed by atoms with Crippen molar-refractivity contribution in [2.75, 3.05) is 0 Å². The average Bonchev–Trinajstić information content (AvgIpc) is 2.73. The van der Waals surface area contributed by atoms with Crippen LogP contribution in [0.5, 0.6) is 0 Å². The molecule has 2 heterocycles. The lowest BCUT2D eigenvalue weighted by Gasteiger charge is -2.33. The van der Waals surface area contributed by atoms with Crippen LogP contribution < -0.4 is 11.1 Å². The Morgan fingerprint density at radius 2 is 1.90 bits per heavy atom. The molecule has 0 bridgehead atoms. The molecule has 4 rings (SSSR count). The number of nitrogens with one attached hydrogen (secondary N) is 1. The molecule has 0 spiro atoms. The molecule has 2 atom stereocenters. The van der Waals surface area contributed by atoms with Crippen LogP contribution in [-0.2, 0) is 9.59 Å². The highest BCUT2D eigenvalue weighted by atomic mass is 16.2. The van der Waals surface area contributed by atoms with Crippen LogP contribution in [-0.4, -0.2) is 22.7 Å². The van der Waals surface area contributed by atoms with E-state index in [4.69, 9.17) is 10.7 Å². The third-order valence-electron chi connectivity index (χ3n) is 6.94. The minimum atomic E-state index is -0.479. The second-order valence-corrected chi connectivity index (χ2v) is 8.81. The molecule has 1 aliphatic carbocycles. The van der Waals surface area contributed by atoms with Crippen LogP contribution in [0.25, 0.3) is 10.9 Å². The number of carbonyl (C=O) groups is 3. The standard InChI is InChI=1S/C24H29N3O3/c1-13(15-6-4-3-5-7-15)21-17-9-8-16(23(25)29)12-19(17)26-14(2)22(21)18-10-11-20(28)27-24(18)30/h8-9,12-13,15,18H,3-7,10-11H2,1-2H3,(H2,25,29)(H,27,28,30)/t13-,18?/m0/s1. The minimum absolute atomic E-state index is 0.212. The van der Waals surface area contributed by atoms with Crippen molar-refractivity contribution in [3.63, 3.8) is 0 Å². The zero-order chi connectivity index (χ0) is 21.4. The van der Waals surface area contributed by atoms with E-state index >= 15 is 0 Å². The van der Waals surface area contributed by atoms with Gasteiger partial charge >= 0.3 is 0 Å². The number of fused-ring (bicyclic) bond motifs is 1. The van der Waals surface area contributed by atoms with Crippen LogP contribution in [0.2, 0.25) is 0 Å². The normalized spacial score (nSPS) is 21.5. The van der Waals surface area contributed by atoms with Crippen molar-refractivity contribution in [2.24, 2.45) is 11.7 Å². The summed E-state index contributed by atoms with van der Waals surface area (Å²) in [4.78, 5) is 40.9. The molecular weight excluding hydrogens is 378 g/mol. The molecule has 3 amide bonds. The summed E-state index contributed by atoms with van der Waals surface area (Å²) in [6.07, 6.45) is 6.94. The van der Waals surface area contributed by atoms with E-state index in [1.54, 1.807) is 12.1 Å². The Labute approximate surface area is 176 Å². The van der Waals surface area contributed by atoms with E-state index in [2.05, 4.69) is 12.2 Å². The number of amides is 3.